The fourth-order valence-electron chi connectivity index (χ4n) is 1.32. The summed E-state index contributed by atoms with van der Waals surface area (Å²) in [6.07, 6.45) is 0.542. The van der Waals surface area contributed by atoms with Crippen molar-refractivity contribution in [3.8, 4) is 0 Å². The number of halogens is 3. The molecular weight excluding hydrogens is 361 g/mol. The van der Waals surface area contributed by atoms with Crippen LogP contribution in [0.1, 0.15) is 13.3 Å². The van der Waals surface area contributed by atoms with Crippen LogP contribution in [0.15, 0.2) is 16.6 Å². The molecule has 1 N–H and O–H groups in total. The van der Waals surface area contributed by atoms with Crippen molar-refractivity contribution in [2.45, 2.75) is 13.3 Å². The summed E-state index contributed by atoms with van der Waals surface area (Å²) in [5.41, 5.74) is 0.707. The second kappa shape index (κ2) is 6.98. The lowest BCUT2D eigenvalue weighted by Crippen LogP contribution is -2.13. The molecule has 0 bridgehead atoms. The van der Waals surface area contributed by atoms with Crippen molar-refractivity contribution in [2.75, 3.05) is 23.4 Å². The van der Waals surface area contributed by atoms with Crippen LogP contribution in [0, 0.1) is 0 Å². The van der Waals surface area contributed by atoms with Gasteiger partial charge >= 0.3 is 0 Å². The zero-order valence-corrected chi connectivity index (χ0v) is 13.8. The van der Waals surface area contributed by atoms with Crippen LogP contribution < -0.4 is 5.32 Å². The van der Waals surface area contributed by atoms with E-state index in [4.69, 9.17) is 23.2 Å². The predicted molar refractivity (Wildman–Crippen MR) is 81.6 cm³/mol. The number of hydrogen-bond donors (Lipinski definition) is 1. The summed E-state index contributed by atoms with van der Waals surface area (Å²) < 4.78 is 23.3. The van der Waals surface area contributed by atoms with E-state index in [-0.39, 0.29) is 11.5 Å². The van der Waals surface area contributed by atoms with Crippen LogP contribution >= 0.6 is 39.1 Å². The van der Waals surface area contributed by atoms with Crippen molar-refractivity contribution in [3.63, 3.8) is 0 Å². The minimum absolute atomic E-state index is 0.178. The molecule has 102 valence electrons. The molecule has 0 aromatic heterocycles. The Labute approximate surface area is 126 Å². The summed E-state index contributed by atoms with van der Waals surface area (Å²) >= 11 is 15.3. The van der Waals surface area contributed by atoms with Crippen LogP contribution in [0.25, 0.3) is 0 Å². The van der Waals surface area contributed by atoms with Crippen LogP contribution in [0.2, 0.25) is 10.0 Å². The van der Waals surface area contributed by atoms with Gasteiger partial charge in [-0.2, -0.15) is 0 Å². The van der Waals surface area contributed by atoms with Gasteiger partial charge in [-0.15, -0.1) is 0 Å². The lowest BCUT2D eigenvalue weighted by molar-refractivity contribution is 0.595. The average Bonchev–Trinajstić information content (AvgIpc) is 2.34. The van der Waals surface area contributed by atoms with Gasteiger partial charge in [0.25, 0.3) is 0 Å². The second-order valence-electron chi connectivity index (χ2n) is 3.74. The van der Waals surface area contributed by atoms with Gasteiger partial charge in [0.05, 0.1) is 21.5 Å². The Morgan fingerprint density at radius 2 is 1.94 bits per heavy atom. The maximum absolute atomic E-state index is 11.3. The summed E-state index contributed by atoms with van der Waals surface area (Å²) in [6.45, 7) is 2.19. The normalized spacial score (nSPS) is 11.6. The number of nitrogens with one attached hydrogen (secondary N) is 1. The van der Waals surface area contributed by atoms with Gasteiger partial charge in [0.15, 0.2) is 0 Å². The molecule has 1 aromatic carbocycles. The molecule has 0 radical (unpaired) electrons. The predicted octanol–water partition coefficient (Wildman–Crippen LogP) is 3.99. The van der Waals surface area contributed by atoms with Gasteiger partial charge in [0.2, 0.25) is 0 Å². The molecule has 3 nitrogen and oxygen atoms in total. The highest BCUT2D eigenvalue weighted by atomic mass is 79.9. The molecule has 0 atom stereocenters. The van der Waals surface area contributed by atoms with Gasteiger partial charge in [-0.1, -0.05) is 30.1 Å². The first-order valence-electron chi connectivity index (χ1n) is 5.45. The summed E-state index contributed by atoms with van der Waals surface area (Å²) in [5.74, 6) is 0.357. The first-order valence-corrected chi connectivity index (χ1v) is 8.82. The molecule has 18 heavy (non-hydrogen) atoms. The van der Waals surface area contributed by atoms with Crippen molar-refractivity contribution in [2.24, 2.45) is 0 Å². The van der Waals surface area contributed by atoms with Crippen molar-refractivity contribution < 1.29 is 8.42 Å². The maximum Gasteiger partial charge on any atom is 0.150 e. The van der Waals surface area contributed by atoms with E-state index in [0.29, 0.717) is 28.7 Å². The van der Waals surface area contributed by atoms with Gasteiger partial charge in [0, 0.05) is 16.8 Å². The van der Waals surface area contributed by atoms with Crippen LogP contribution in [0.4, 0.5) is 5.69 Å². The summed E-state index contributed by atoms with van der Waals surface area (Å²) in [4.78, 5) is 0. The Bertz CT molecular complexity index is 520. The van der Waals surface area contributed by atoms with Gasteiger partial charge in [0.1, 0.15) is 9.84 Å². The molecule has 0 heterocycles. The molecule has 0 amide bonds. The molecule has 0 aliphatic carbocycles. The SMILES string of the molecule is CCS(=O)(=O)CCCNc1ccc(Br)c(Cl)c1Cl. The minimum Gasteiger partial charge on any atom is -0.384 e. The molecule has 0 aliphatic heterocycles. The van der Waals surface area contributed by atoms with E-state index in [9.17, 15) is 8.42 Å². The van der Waals surface area contributed by atoms with Crippen LogP contribution in [-0.2, 0) is 9.84 Å². The van der Waals surface area contributed by atoms with Gasteiger partial charge in [-0.3, -0.25) is 0 Å². The van der Waals surface area contributed by atoms with Crippen LogP contribution in [0.5, 0.6) is 0 Å². The molecule has 1 rings (SSSR count). The quantitative estimate of drug-likeness (QED) is 0.604. The molecule has 1 aromatic rings. The lowest BCUT2D eigenvalue weighted by Gasteiger charge is -2.10. The number of anilines is 1. The molecular formula is C11H14BrCl2NO2S. The van der Waals surface area contributed by atoms with E-state index in [1.165, 1.54) is 0 Å². The summed E-state index contributed by atoms with van der Waals surface area (Å²) in [6, 6.07) is 3.59. The maximum atomic E-state index is 11.3. The van der Waals surface area contributed by atoms with Crippen molar-refractivity contribution >= 4 is 54.7 Å². The largest absolute Gasteiger partial charge is 0.384 e. The number of rotatable bonds is 6. The Hall–Kier alpha value is 0.0300. The molecule has 7 heteroatoms. The third-order valence-electron chi connectivity index (χ3n) is 2.42. The Kier molecular flexibility index (Phi) is 6.24. The number of sulfone groups is 1. The highest BCUT2D eigenvalue weighted by molar-refractivity contribution is 9.10. The molecule has 0 aliphatic rings. The smallest absolute Gasteiger partial charge is 0.150 e. The van der Waals surface area contributed by atoms with E-state index >= 15 is 0 Å². The molecule has 0 saturated carbocycles. The van der Waals surface area contributed by atoms with Crippen LogP contribution in [0.3, 0.4) is 0 Å². The number of hydrogen-bond acceptors (Lipinski definition) is 3. The zero-order valence-electron chi connectivity index (χ0n) is 9.84. The van der Waals surface area contributed by atoms with Crippen molar-refractivity contribution in [1.29, 1.82) is 0 Å². The van der Waals surface area contributed by atoms with Crippen molar-refractivity contribution in [1.82, 2.24) is 0 Å². The van der Waals surface area contributed by atoms with E-state index in [1.807, 2.05) is 0 Å². The third-order valence-corrected chi connectivity index (χ3v) is 5.98. The number of benzene rings is 1. The third kappa shape index (κ3) is 4.61. The Morgan fingerprint density at radius 3 is 2.56 bits per heavy atom. The lowest BCUT2D eigenvalue weighted by atomic mass is 10.3. The van der Waals surface area contributed by atoms with Gasteiger partial charge in [-0.25, -0.2) is 8.42 Å². The fraction of sp³-hybridized carbons (Fsp3) is 0.455. The van der Waals surface area contributed by atoms with E-state index < -0.39 is 9.84 Å². The summed E-state index contributed by atoms with van der Waals surface area (Å²) in [5, 5.41) is 3.96. The average molecular weight is 375 g/mol. The monoisotopic (exact) mass is 373 g/mol. The molecule has 0 unspecified atom stereocenters. The van der Waals surface area contributed by atoms with Crippen LogP contribution in [-0.4, -0.2) is 26.5 Å². The minimum atomic E-state index is -2.91. The topological polar surface area (TPSA) is 46.2 Å². The highest BCUT2D eigenvalue weighted by Gasteiger charge is 2.09. The standard InChI is InChI=1S/C11H14BrCl2NO2S/c1-2-18(16,17)7-3-6-15-9-5-4-8(12)10(13)11(9)14/h4-5,15H,2-3,6-7H2,1H3. The van der Waals surface area contributed by atoms with Gasteiger partial charge in [-0.05, 0) is 34.5 Å². The molecule has 0 spiro atoms. The van der Waals surface area contributed by atoms with Crippen molar-refractivity contribution in [3.05, 3.63) is 26.7 Å². The molecule has 0 fully saturated rings. The first-order chi connectivity index (χ1) is 8.37. The van der Waals surface area contributed by atoms with E-state index in [0.717, 1.165) is 4.47 Å². The Balaban J connectivity index is 2.53. The highest BCUT2D eigenvalue weighted by Crippen LogP contribution is 2.35. The fourth-order valence-corrected chi connectivity index (χ4v) is 3.04. The zero-order chi connectivity index (χ0) is 13.8. The second-order valence-corrected chi connectivity index (χ2v) is 7.82. The Morgan fingerprint density at radius 1 is 1.28 bits per heavy atom. The molecule has 0 saturated heterocycles. The van der Waals surface area contributed by atoms with E-state index in [2.05, 4.69) is 21.2 Å². The van der Waals surface area contributed by atoms with Gasteiger partial charge < -0.3 is 5.32 Å². The summed E-state index contributed by atoms with van der Waals surface area (Å²) in [7, 11) is -2.91. The van der Waals surface area contributed by atoms with E-state index in [1.54, 1.807) is 19.1 Å². The first kappa shape index (κ1) is 16.1.